The van der Waals surface area contributed by atoms with Gasteiger partial charge >= 0.3 is 11.9 Å². The van der Waals surface area contributed by atoms with Crippen LogP contribution >= 0.6 is 0 Å². The Balaban J connectivity index is 1.74. The molecular weight excluding hydrogens is 368 g/mol. The fourth-order valence-electron chi connectivity index (χ4n) is 5.07. The second kappa shape index (κ2) is 9.46. The number of ether oxygens (including phenoxy) is 2. The molecule has 29 heavy (non-hydrogen) atoms. The largest absolute Gasteiger partial charge is 0.462 e. The molecule has 1 fully saturated rings. The Labute approximate surface area is 174 Å². The Morgan fingerprint density at radius 1 is 1.31 bits per heavy atom. The van der Waals surface area contributed by atoms with Crippen molar-refractivity contribution in [2.24, 2.45) is 29.6 Å². The molecule has 1 heterocycles. The Hall–Kier alpha value is -1.62. The highest BCUT2D eigenvalue weighted by Gasteiger charge is 2.42. The molecule has 5 heteroatoms. The number of rotatable bonds is 6. The minimum absolute atomic E-state index is 0.0854. The van der Waals surface area contributed by atoms with E-state index in [9.17, 15) is 14.7 Å². The van der Waals surface area contributed by atoms with Gasteiger partial charge in [-0.1, -0.05) is 45.9 Å². The molecule has 1 unspecified atom stereocenters. The van der Waals surface area contributed by atoms with Crippen LogP contribution in [0.25, 0.3) is 0 Å². The van der Waals surface area contributed by atoms with Crippen LogP contribution in [0.1, 0.15) is 66.2 Å². The zero-order valence-corrected chi connectivity index (χ0v) is 18.2. The Morgan fingerprint density at radius 3 is 2.76 bits per heavy atom. The van der Waals surface area contributed by atoms with E-state index in [1.807, 2.05) is 13.8 Å². The summed E-state index contributed by atoms with van der Waals surface area (Å²) in [4.78, 5) is 24.2. The highest BCUT2D eigenvalue weighted by molar-refractivity contribution is 5.72. The molecular formula is C24H36O5. The van der Waals surface area contributed by atoms with Crippen molar-refractivity contribution < 1.29 is 24.2 Å². The highest BCUT2D eigenvalue weighted by atomic mass is 16.5. The molecule has 1 saturated heterocycles. The summed E-state index contributed by atoms with van der Waals surface area (Å²) in [6.07, 6.45) is 9.70. The lowest BCUT2D eigenvalue weighted by atomic mass is 9.65. The number of fused-ring (bicyclic) bond motifs is 1. The first-order valence-electron chi connectivity index (χ1n) is 11.3. The molecule has 0 radical (unpaired) electrons. The van der Waals surface area contributed by atoms with Gasteiger partial charge in [0.1, 0.15) is 12.2 Å². The number of aliphatic hydroxyl groups excluding tert-OH is 1. The molecule has 3 rings (SSSR count). The topological polar surface area (TPSA) is 72.8 Å². The molecule has 0 bridgehead atoms. The van der Waals surface area contributed by atoms with Gasteiger partial charge in [-0.2, -0.15) is 0 Å². The van der Waals surface area contributed by atoms with Gasteiger partial charge in [-0.25, -0.2) is 0 Å². The first kappa shape index (κ1) is 22.1. The van der Waals surface area contributed by atoms with E-state index in [1.165, 1.54) is 5.57 Å². The van der Waals surface area contributed by atoms with E-state index >= 15 is 0 Å². The van der Waals surface area contributed by atoms with Gasteiger partial charge in [0, 0.05) is 12.3 Å². The zero-order chi connectivity index (χ0) is 21.1. The number of cyclic esters (lactones) is 1. The monoisotopic (exact) mass is 404 g/mol. The Morgan fingerprint density at radius 2 is 2.07 bits per heavy atom. The fourth-order valence-corrected chi connectivity index (χ4v) is 5.07. The Bertz CT molecular complexity index is 666. The summed E-state index contributed by atoms with van der Waals surface area (Å²) in [5.74, 6) is 0.755. The molecule has 8 atom stereocenters. The average molecular weight is 405 g/mol. The van der Waals surface area contributed by atoms with E-state index in [0.29, 0.717) is 24.2 Å². The van der Waals surface area contributed by atoms with E-state index in [-0.39, 0.29) is 42.4 Å². The third-order valence-electron chi connectivity index (χ3n) is 6.93. The van der Waals surface area contributed by atoms with Gasteiger partial charge in [0.2, 0.25) is 0 Å². The fraction of sp³-hybridized carbons (Fsp3) is 0.750. The Kier molecular flexibility index (Phi) is 7.20. The van der Waals surface area contributed by atoms with E-state index in [4.69, 9.17) is 9.47 Å². The van der Waals surface area contributed by atoms with Crippen LogP contribution in [0.2, 0.25) is 0 Å². The number of allylic oxidation sites excluding steroid dienone is 3. The van der Waals surface area contributed by atoms with Crippen molar-refractivity contribution in [3.8, 4) is 0 Å². The number of aliphatic hydroxyl groups is 1. The van der Waals surface area contributed by atoms with Gasteiger partial charge in [-0.05, 0) is 49.0 Å². The first-order valence-corrected chi connectivity index (χ1v) is 11.3. The lowest BCUT2D eigenvalue weighted by molar-refractivity contribution is -0.162. The van der Waals surface area contributed by atoms with E-state index in [1.54, 1.807) is 0 Å². The van der Waals surface area contributed by atoms with Crippen molar-refractivity contribution in [3.63, 3.8) is 0 Å². The minimum atomic E-state index is -0.597. The summed E-state index contributed by atoms with van der Waals surface area (Å²) in [6.45, 7) is 8.33. The number of hydrogen-bond donors (Lipinski definition) is 1. The molecule has 0 spiro atoms. The third kappa shape index (κ3) is 5.30. The molecule has 1 aliphatic heterocycles. The quantitative estimate of drug-likeness (QED) is 0.672. The number of hydrogen-bond acceptors (Lipinski definition) is 5. The van der Waals surface area contributed by atoms with Crippen LogP contribution in [0.3, 0.4) is 0 Å². The number of esters is 2. The van der Waals surface area contributed by atoms with Crippen molar-refractivity contribution in [1.29, 1.82) is 0 Å². The summed E-state index contributed by atoms with van der Waals surface area (Å²) in [5, 5.41) is 9.89. The number of carbonyl (C=O) groups is 2. The van der Waals surface area contributed by atoms with Crippen LogP contribution in [0.4, 0.5) is 0 Å². The van der Waals surface area contributed by atoms with Crippen LogP contribution in [-0.4, -0.2) is 35.4 Å². The van der Waals surface area contributed by atoms with Gasteiger partial charge < -0.3 is 14.6 Å². The van der Waals surface area contributed by atoms with Gasteiger partial charge in [0.05, 0.1) is 18.4 Å². The van der Waals surface area contributed by atoms with E-state index < -0.39 is 6.10 Å². The second-order valence-electron chi connectivity index (χ2n) is 9.36. The van der Waals surface area contributed by atoms with Crippen molar-refractivity contribution in [1.82, 2.24) is 0 Å². The predicted molar refractivity (Wildman–Crippen MR) is 111 cm³/mol. The zero-order valence-electron chi connectivity index (χ0n) is 18.2. The molecule has 0 aromatic heterocycles. The highest BCUT2D eigenvalue weighted by Crippen LogP contribution is 2.45. The number of carbonyl (C=O) groups excluding carboxylic acids is 2. The normalized spacial score (nSPS) is 37.9. The summed E-state index contributed by atoms with van der Waals surface area (Å²) in [7, 11) is 0. The van der Waals surface area contributed by atoms with Crippen LogP contribution in [0, 0.1) is 29.6 Å². The average Bonchev–Trinajstić information content (AvgIpc) is 2.65. The van der Waals surface area contributed by atoms with Gasteiger partial charge in [-0.3, -0.25) is 9.59 Å². The van der Waals surface area contributed by atoms with Crippen LogP contribution in [0.5, 0.6) is 0 Å². The maximum Gasteiger partial charge on any atom is 0.308 e. The molecule has 0 aromatic carbocycles. The second-order valence-corrected chi connectivity index (χ2v) is 9.36. The molecule has 3 aliphatic rings. The van der Waals surface area contributed by atoms with Crippen molar-refractivity contribution in [3.05, 3.63) is 23.8 Å². The van der Waals surface area contributed by atoms with Gasteiger partial charge in [-0.15, -0.1) is 0 Å². The molecule has 1 N–H and O–H groups in total. The minimum Gasteiger partial charge on any atom is -0.462 e. The molecule has 2 aliphatic carbocycles. The maximum absolute atomic E-state index is 12.5. The van der Waals surface area contributed by atoms with Crippen molar-refractivity contribution >= 4 is 11.9 Å². The van der Waals surface area contributed by atoms with Gasteiger partial charge in [0.15, 0.2) is 0 Å². The van der Waals surface area contributed by atoms with Crippen molar-refractivity contribution in [2.75, 3.05) is 0 Å². The maximum atomic E-state index is 12.5. The van der Waals surface area contributed by atoms with Crippen LogP contribution in [0.15, 0.2) is 23.8 Å². The summed E-state index contributed by atoms with van der Waals surface area (Å²) < 4.78 is 11.5. The molecule has 0 aromatic rings. The lowest BCUT2D eigenvalue weighted by Gasteiger charge is -2.43. The first-order chi connectivity index (χ1) is 13.8. The van der Waals surface area contributed by atoms with Crippen molar-refractivity contribution in [2.45, 2.75) is 84.5 Å². The lowest BCUT2D eigenvalue weighted by Crippen LogP contribution is -2.42. The molecule has 0 saturated carbocycles. The summed E-state index contributed by atoms with van der Waals surface area (Å²) in [5.41, 5.74) is 1.27. The van der Waals surface area contributed by atoms with E-state index in [2.05, 4.69) is 32.1 Å². The SMILES string of the molecule is CCC(C)C(=O)O[C@H]1C[C@@H](C)C=C2C=C[C@@H](C)[C@@H](CC[C@H]3C[C@@H](O)CC(=O)O3)[C@H]21. The molecule has 162 valence electrons. The third-order valence-corrected chi connectivity index (χ3v) is 6.93. The predicted octanol–water partition coefficient (Wildman–Crippen LogP) is 4.20. The smallest absolute Gasteiger partial charge is 0.308 e. The molecule has 5 nitrogen and oxygen atoms in total. The standard InChI is InChI=1S/C24H36O5/c1-5-15(3)24(27)29-21-11-14(2)10-17-7-6-16(4)20(23(17)21)9-8-19-12-18(25)13-22(26)28-19/h6-7,10,14-16,18-21,23,25H,5,8-9,11-13H2,1-4H3/t14-,15?,16+,18+,19-,20+,21-,23-/m0/s1. The van der Waals surface area contributed by atoms with Gasteiger partial charge in [0.25, 0.3) is 0 Å². The molecule has 0 amide bonds. The van der Waals surface area contributed by atoms with Crippen LogP contribution in [-0.2, 0) is 19.1 Å². The van der Waals surface area contributed by atoms with Crippen LogP contribution < -0.4 is 0 Å². The summed E-state index contributed by atoms with van der Waals surface area (Å²) in [6, 6.07) is 0. The van der Waals surface area contributed by atoms with E-state index in [0.717, 1.165) is 25.7 Å². The summed E-state index contributed by atoms with van der Waals surface area (Å²) >= 11 is 0.